The molecule has 1 saturated carbocycles. The van der Waals surface area contributed by atoms with Gasteiger partial charge in [0, 0.05) is 17.8 Å². The summed E-state index contributed by atoms with van der Waals surface area (Å²) in [5.41, 5.74) is 4.52. The van der Waals surface area contributed by atoms with Crippen molar-refractivity contribution in [2.45, 2.75) is 31.3 Å². The maximum absolute atomic E-state index is 14.5. The third-order valence-electron chi connectivity index (χ3n) is 5.91. The number of hydrogen-bond acceptors (Lipinski definition) is 7. The Bertz CT molecular complexity index is 1240. The zero-order chi connectivity index (χ0) is 26.2. The number of fused-ring (bicyclic) bond motifs is 1. The maximum Gasteiger partial charge on any atom is 0.573 e. The Morgan fingerprint density at radius 1 is 1.19 bits per heavy atom. The van der Waals surface area contributed by atoms with Gasteiger partial charge in [0.05, 0.1) is 24.1 Å². The number of anilines is 2. The molecule has 10 nitrogen and oxygen atoms in total. The highest BCUT2D eigenvalue weighted by atomic mass is 19.4. The Labute approximate surface area is 201 Å². The van der Waals surface area contributed by atoms with Crippen molar-refractivity contribution in [2.24, 2.45) is 11.7 Å². The van der Waals surface area contributed by atoms with Gasteiger partial charge in [-0.2, -0.15) is 0 Å². The second kappa shape index (κ2) is 9.43. The summed E-state index contributed by atoms with van der Waals surface area (Å²) in [6.45, 7) is -0.305. The van der Waals surface area contributed by atoms with E-state index in [1.165, 1.54) is 23.4 Å². The van der Waals surface area contributed by atoms with Crippen molar-refractivity contribution in [3.05, 3.63) is 48.0 Å². The number of amides is 3. The number of likely N-dealkylation sites (tertiary alicyclic amines) is 1. The number of halogens is 4. The molecule has 2 aromatic rings. The van der Waals surface area contributed by atoms with Gasteiger partial charge in [-0.25, -0.2) is 4.39 Å². The molecule has 1 saturated heterocycles. The number of carbonyl (C=O) groups is 3. The summed E-state index contributed by atoms with van der Waals surface area (Å²) in [5.74, 6) is -4.62. The molecule has 1 unspecified atom stereocenters. The quantitative estimate of drug-likeness (QED) is 0.317. The fourth-order valence-corrected chi connectivity index (χ4v) is 4.22. The molecule has 1 aliphatic heterocycles. The average molecular weight is 508 g/mol. The number of carbonyl (C=O) groups excluding carboxylic acids is 3. The topological polar surface area (TPSA) is 150 Å². The van der Waals surface area contributed by atoms with Crippen molar-refractivity contribution in [2.75, 3.05) is 17.2 Å². The van der Waals surface area contributed by atoms with Crippen molar-refractivity contribution in [3.8, 4) is 5.75 Å². The summed E-state index contributed by atoms with van der Waals surface area (Å²) in [4.78, 5) is 42.5. The number of alkyl halides is 3. The number of hydrogen-bond donors (Lipinski definition) is 4. The molecule has 190 valence electrons. The van der Waals surface area contributed by atoms with Gasteiger partial charge in [0.1, 0.15) is 11.8 Å². The van der Waals surface area contributed by atoms with Crippen molar-refractivity contribution in [1.82, 2.24) is 9.88 Å². The third kappa shape index (κ3) is 5.21. The van der Waals surface area contributed by atoms with Crippen LogP contribution in [0.1, 0.15) is 18.4 Å². The molecule has 2 heterocycles. The maximum atomic E-state index is 14.5. The molecule has 36 heavy (non-hydrogen) atoms. The van der Waals surface area contributed by atoms with Crippen molar-refractivity contribution in [1.29, 1.82) is 5.41 Å². The van der Waals surface area contributed by atoms with Crippen LogP contribution in [0.15, 0.2) is 36.7 Å². The van der Waals surface area contributed by atoms with E-state index < -0.39 is 53.1 Å². The largest absolute Gasteiger partial charge is 0.573 e. The smallest absolute Gasteiger partial charge is 0.403 e. The predicted molar refractivity (Wildman–Crippen MR) is 118 cm³/mol. The number of nitrogens with one attached hydrogen (secondary N) is 3. The minimum atomic E-state index is -5.11. The third-order valence-corrected chi connectivity index (χ3v) is 5.91. The van der Waals surface area contributed by atoms with E-state index in [0.29, 0.717) is 12.8 Å². The fourth-order valence-electron chi connectivity index (χ4n) is 4.22. The van der Waals surface area contributed by atoms with Crippen LogP contribution in [-0.2, 0) is 14.4 Å². The second-order valence-electron chi connectivity index (χ2n) is 8.28. The van der Waals surface area contributed by atoms with E-state index in [1.54, 1.807) is 0 Å². The van der Waals surface area contributed by atoms with Crippen LogP contribution in [0.3, 0.4) is 0 Å². The van der Waals surface area contributed by atoms with Gasteiger partial charge in [0.25, 0.3) is 5.91 Å². The first-order valence-electron chi connectivity index (χ1n) is 10.7. The number of piperidine rings is 1. The summed E-state index contributed by atoms with van der Waals surface area (Å²) in [6.07, 6.45) is -1.46. The normalized spacial score (nSPS) is 20.3. The first-order valence-corrected chi connectivity index (χ1v) is 10.7. The number of primary amides is 1. The molecule has 0 radical (unpaired) electrons. The van der Waals surface area contributed by atoms with E-state index in [2.05, 4.69) is 20.4 Å². The van der Waals surface area contributed by atoms with E-state index in [1.807, 2.05) is 0 Å². The molecule has 3 amide bonds. The first kappa shape index (κ1) is 24.9. The fraction of sp³-hybridized carbons (Fsp3) is 0.318. The number of pyridine rings is 1. The van der Waals surface area contributed by atoms with Crippen LogP contribution in [-0.4, -0.2) is 58.3 Å². The molecule has 1 aromatic heterocycles. The van der Waals surface area contributed by atoms with Gasteiger partial charge in [0.2, 0.25) is 11.8 Å². The highest BCUT2D eigenvalue weighted by molar-refractivity contribution is 6.44. The molecule has 1 aromatic carbocycles. The average Bonchev–Trinajstić information content (AvgIpc) is 3.47. The molecule has 14 heteroatoms. The molecular formula is C22H20F4N6O4. The SMILES string of the molecule is N=C(C(N)=O)c1ccncc1NCC(=O)N1[C@@H]2CC2C[C@H]1C(=O)Nc1cccc(OC(F)(F)F)c1F. The second-order valence-corrected chi connectivity index (χ2v) is 8.28. The summed E-state index contributed by atoms with van der Waals surface area (Å²) < 4.78 is 55.6. The molecule has 3 atom stereocenters. The van der Waals surface area contributed by atoms with Crippen LogP contribution in [0, 0.1) is 17.1 Å². The number of nitrogens with two attached hydrogens (primary N) is 1. The van der Waals surface area contributed by atoms with E-state index in [9.17, 15) is 31.9 Å². The first-order chi connectivity index (χ1) is 17.0. The Hall–Kier alpha value is -4.23. The molecule has 2 fully saturated rings. The van der Waals surface area contributed by atoms with E-state index in [-0.39, 0.29) is 29.8 Å². The lowest BCUT2D eigenvalue weighted by molar-refractivity contribution is -0.275. The lowest BCUT2D eigenvalue weighted by atomic mass is 10.1. The van der Waals surface area contributed by atoms with Crippen molar-refractivity contribution >= 4 is 34.8 Å². The van der Waals surface area contributed by atoms with Crippen molar-refractivity contribution in [3.63, 3.8) is 0 Å². The molecule has 5 N–H and O–H groups in total. The van der Waals surface area contributed by atoms with Crippen molar-refractivity contribution < 1.29 is 36.7 Å². The molecule has 1 aliphatic carbocycles. The summed E-state index contributed by atoms with van der Waals surface area (Å²) in [7, 11) is 0. The standard InChI is InChI=1S/C22H20F4N6O4/c23-18-12(2-1-3-16(18)36-22(24,25)26)31-21(35)15-7-10-6-14(10)32(15)17(33)9-30-13-8-29-5-4-11(13)19(27)20(28)34/h1-5,8,10,14-15,27,30H,6-7,9H2,(H2,28,34)(H,31,35)/t10?,14-,15+/m1/s1. The van der Waals surface area contributed by atoms with Gasteiger partial charge in [-0.3, -0.25) is 24.8 Å². The zero-order valence-corrected chi connectivity index (χ0v) is 18.4. The number of nitrogens with zero attached hydrogens (tertiary/aromatic N) is 2. The van der Waals surface area contributed by atoms with Gasteiger partial charge in [-0.05, 0) is 37.0 Å². The van der Waals surface area contributed by atoms with Crippen LogP contribution in [0.5, 0.6) is 5.75 Å². The van der Waals surface area contributed by atoms with Crippen LogP contribution < -0.4 is 21.1 Å². The molecule has 4 rings (SSSR count). The monoisotopic (exact) mass is 508 g/mol. The molecule has 2 aliphatic rings. The summed E-state index contributed by atoms with van der Waals surface area (Å²) in [5, 5.41) is 12.8. The van der Waals surface area contributed by atoms with E-state index >= 15 is 0 Å². The predicted octanol–water partition coefficient (Wildman–Crippen LogP) is 2.01. The number of ether oxygens (including phenoxy) is 1. The number of benzene rings is 1. The Balaban J connectivity index is 1.45. The Morgan fingerprint density at radius 3 is 2.64 bits per heavy atom. The highest BCUT2D eigenvalue weighted by Crippen LogP contribution is 2.48. The Morgan fingerprint density at radius 2 is 1.94 bits per heavy atom. The van der Waals surface area contributed by atoms with Crippen LogP contribution in [0.2, 0.25) is 0 Å². The summed E-state index contributed by atoms with van der Waals surface area (Å²) >= 11 is 0. The lowest BCUT2D eigenvalue weighted by Gasteiger charge is -2.27. The minimum Gasteiger partial charge on any atom is -0.403 e. The van der Waals surface area contributed by atoms with E-state index in [0.717, 1.165) is 18.2 Å². The molecular weight excluding hydrogens is 488 g/mol. The van der Waals surface area contributed by atoms with Gasteiger partial charge in [-0.15, -0.1) is 13.2 Å². The number of rotatable bonds is 8. The molecule has 0 spiro atoms. The lowest BCUT2D eigenvalue weighted by Crippen LogP contribution is -2.47. The van der Waals surface area contributed by atoms with Gasteiger partial charge < -0.3 is 26.0 Å². The Kier molecular flexibility index (Phi) is 6.52. The van der Waals surface area contributed by atoms with E-state index in [4.69, 9.17) is 11.1 Å². The van der Waals surface area contributed by atoms with Crippen LogP contribution in [0.25, 0.3) is 0 Å². The van der Waals surface area contributed by atoms with Crippen LogP contribution >= 0.6 is 0 Å². The van der Waals surface area contributed by atoms with Gasteiger partial charge in [-0.1, -0.05) is 6.07 Å². The molecule has 0 bridgehead atoms. The zero-order valence-electron chi connectivity index (χ0n) is 18.4. The number of aromatic nitrogens is 1. The minimum absolute atomic E-state index is 0.0754. The van der Waals surface area contributed by atoms with Crippen LogP contribution in [0.4, 0.5) is 28.9 Å². The highest BCUT2D eigenvalue weighted by Gasteiger charge is 2.56. The summed E-state index contributed by atoms with van der Waals surface area (Å²) in [6, 6.07) is 3.17. The van der Waals surface area contributed by atoms with Gasteiger partial charge in [0.15, 0.2) is 11.6 Å². The van der Waals surface area contributed by atoms with Gasteiger partial charge >= 0.3 is 6.36 Å².